The van der Waals surface area contributed by atoms with Gasteiger partial charge in [-0.25, -0.2) is 0 Å². The molecule has 45 heavy (non-hydrogen) atoms. The molecule has 0 spiro atoms. The molecule has 0 saturated heterocycles. The topological polar surface area (TPSA) is 18.1 Å². The zero-order chi connectivity index (χ0) is 29.5. The van der Waals surface area contributed by atoms with Gasteiger partial charge >= 0.3 is 0 Å². The van der Waals surface area contributed by atoms with Crippen LogP contribution in [0.3, 0.4) is 0 Å². The van der Waals surface area contributed by atoms with Crippen molar-refractivity contribution in [2.75, 3.05) is 0 Å². The van der Waals surface area contributed by atoms with Crippen LogP contribution in [0.2, 0.25) is 0 Å². The molecule has 10 rings (SSSR count). The lowest BCUT2D eigenvalue weighted by Gasteiger charge is -2.10. The van der Waals surface area contributed by atoms with Gasteiger partial charge in [0.05, 0.1) is 11.0 Å². The lowest BCUT2D eigenvalue weighted by molar-refractivity contribution is 0.673. The van der Waals surface area contributed by atoms with E-state index in [1.54, 1.807) is 0 Å². The van der Waals surface area contributed by atoms with Crippen molar-refractivity contribution < 1.29 is 4.42 Å². The number of aromatic nitrogens is 1. The van der Waals surface area contributed by atoms with Gasteiger partial charge in [-0.3, -0.25) is 0 Å². The first kappa shape index (κ1) is 24.8. The lowest BCUT2D eigenvalue weighted by atomic mass is 9.97. The number of hydrogen-bond donors (Lipinski definition) is 0. The molecule has 3 heteroatoms. The van der Waals surface area contributed by atoms with Crippen LogP contribution in [0, 0.1) is 0 Å². The van der Waals surface area contributed by atoms with Gasteiger partial charge in [0.2, 0.25) is 0 Å². The highest BCUT2D eigenvalue weighted by atomic mass is 32.1. The lowest BCUT2D eigenvalue weighted by Crippen LogP contribution is -1.93. The van der Waals surface area contributed by atoms with Crippen LogP contribution in [0.25, 0.3) is 91.9 Å². The summed E-state index contributed by atoms with van der Waals surface area (Å²) in [6.07, 6.45) is 0. The highest BCUT2D eigenvalue weighted by Gasteiger charge is 2.19. The maximum atomic E-state index is 6.49. The van der Waals surface area contributed by atoms with E-state index in [9.17, 15) is 0 Å². The van der Waals surface area contributed by atoms with E-state index in [-0.39, 0.29) is 0 Å². The minimum Gasteiger partial charge on any atom is -0.455 e. The predicted octanol–water partition coefficient (Wildman–Crippen LogP) is 12.4. The van der Waals surface area contributed by atoms with Crippen LogP contribution in [0.1, 0.15) is 0 Å². The summed E-state index contributed by atoms with van der Waals surface area (Å²) in [5.74, 6) is 0. The summed E-state index contributed by atoms with van der Waals surface area (Å²) in [5, 5.41) is 7.35. The SMILES string of the molecule is c1ccc2c(c1)oc1c2cc(-c2ccc(-c3ccc(-n4c5ccccc5c5ccccc54)cc3)cc2)c2sc3ccccc3c21. The summed E-state index contributed by atoms with van der Waals surface area (Å²) in [5.41, 5.74) is 10.4. The van der Waals surface area contributed by atoms with E-state index in [0.717, 1.165) is 16.6 Å². The Labute approximate surface area is 263 Å². The minimum atomic E-state index is 0.931. The van der Waals surface area contributed by atoms with Gasteiger partial charge in [-0.2, -0.15) is 0 Å². The molecule has 0 radical (unpaired) electrons. The Morgan fingerprint density at radius 2 is 1.02 bits per heavy atom. The van der Waals surface area contributed by atoms with E-state index in [2.05, 4.69) is 150 Å². The van der Waals surface area contributed by atoms with Crippen molar-refractivity contribution >= 4 is 75.3 Å². The first-order valence-corrected chi connectivity index (χ1v) is 16.1. The molecule has 0 saturated carbocycles. The zero-order valence-electron chi connectivity index (χ0n) is 24.2. The first-order chi connectivity index (χ1) is 22.3. The van der Waals surface area contributed by atoms with Crippen LogP contribution >= 0.6 is 11.3 Å². The van der Waals surface area contributed by atoms with Gasteiger partial charge in [0.1, 0.15) is 11.2 Å². The molecule has 0 fully saturated rings. The Kier molecular flexibility index (Phi) is 5.19. The van der Waals surface area contributed by atoms with Crippen molar-refractivity contribution in [1.29, 1.82) is 0 Å². The molecule has 0 aliphatic carbocycles. The molecule has 210 valence electrons. The zero-order valence-corrected chi connectivity index (χ0v) is 25.0. The highest BCUT2D eigenvalue weighted by molar-refractivity contribution is 7.26. The van der Waals surface area contributed by atoms with Crippen molar-refractivity contribution in [2.45, 2.75) is 0 Å². The monoisotopic (exact) mass is 591 g/mol. The molecular weight excluding hydrogens is 567 g/mol. The molecule has 0 aliphatic heterocycles. The van der Waals surface area contributed by atoms with Gasteiger partial charge in [-0.1, -0.05) is 109 Å². The molecule has 3 aromatic heterocycles. The largest absolute Gasteiger partial charge is 0.455 e. The average Bonchev–Trinajstić information content (AvgIpc) is 3.78. The summed E-state index contributed by atoms with van der Waals surface area (Å²) in [7, 11) is 0. The smallest absolute Gasteiger partial charge is 0.144 e. The van der Waals surface area contributed by atoms with E-state index < -0.39 is 0 Å². The van der Waals surface area contributed by atoms with Gasteiger partial charge in [0.25, 0.3) is 0 Å². The highest BCUT2D eigenvalue weighted by Crippen LogP contribution is 2.46. The second-order valence-corrected chi connectivity index (χ2v) is 12.7. The van der Waals surface area contributed by atoms with Crippen LogP contribution in [-0.4, -0.2) is 4.57 Å². The second-order valence-electron chi connectivity index (χ2n) is 11.7. The fraction of sp³-hybridized carbons (Fsp3) is 0. The quantitative estimate of drug-likeness (QED) is 0.200. The van der Waals surface area contributed by atoms with Gasteiger partial charge in [0.15, 0.2) is 0 Å². The normalized spacial score (nSPS) is 12.0. The summed E-state index contributed by atoms with van der Waals surface area (Å²) >= 11 is 1.85. The minimum absolute atomic E-state index is 0.931. The predicted molar refractivity (Wildman–Crippen MR) is 192 cm³/mol. The van der Waals surface area contributed by atoms with Crippen molar-refractivity contribution in [3.8, 4) is 27.9 Å². The van der Waals surface area contributed by atoms with E-state index in [0.29, 0.717) is 0 Å². The standard InChI is InChI=1S/C42H25NOS/c1-5-13-36-30(9-1)31-10-2-6-14-37(31)43(36)29-23-21-27(22-24-29)26-17-19-28(20-18-26)34-25-35-32-11-3-7-15-38(32)44-41(35)40-33-12-4-8-16-39(33)45-42(34)40/h1-25H. The van der Waals surface area contributed by atoms with E-state index >= 15 is 0 Å². The fourth-order valence-electron chi connectivity index (χ4n) is 7.13. The van der Waals surface area contributed by atoms with E-state index in [1.807, 2.05) is 17.4 Å². The fourth-order valence-corrected chi connectivity index (χ4v) is 8.36. The van der Waals surface area contributed by atoms with Gasteiger partial charge in [-0.05, 0) is 59.2 Å². The Morgan fingerprint density at radius 3 is 1.73 bits per heavy atom. The molecule has 3 heterocycles. The number of thiophene rings is 1. The second kappa shape index (κ2) is 9.43. The number of nitrogens with zero attached hydrogens (tertiary/aromatic N) is 1. The maximum Gasteiger partial charge on any atom is 0.144 e. The van der Waals surface area contributed by atoms with Gasteiger partial charge < -0.3 is 8.98 Å². The molecular formula is C42H25NOS. The number of para-hydroxylation sites is 3. The van der Waals surface area contributed by atoms with Gasteiger partial charge in [0, 0.05) is 53.0 Å². The Bertz CT molecular complexity index is 2690. The molecule has 7 aromatic carbocycles. The molecule has 0 atom stereocenters. The van der Waals surface area contributed by atoms with Gasteiger partial charge in [-0.15, -0.1) is 11.3 Å². The number of benzene rings is 7. The van der Waals surface area contributed by atoms with Crippen molar-refractivity contribution in [2.24, 2.45) is 0 Å². The maximum absolute atomic E-state index is 6.49. The van der Waals surface area contributed by atoms with E-state index in [1.165, 1.54) is 75.3 Å². The summed E-state index contributed by atoms with van der Waals surface area (Å²) in [4.78, 5) is 0. The van der Waals surface area contributed by atoms with Crippen LogP contribution in [0.15, 0.2) is 156 Å². The van der Waals surface area contributed by atoms with E-state index in [4.69, 9.17) is 4.42 Å². The molecule has 10 aromatic rings. The number of furan rings is 1. The molecule has 0 bridgehead atoms. The van der Waals surface area contributed by atoms with Crippen LogP contribution in [0.5, 0.6) is 0 Å². The molecule has 0 aliphatic rings. The van der Waals surface area contributed by atoms with Crippen LogP contribution in [0.4, 0.5) is 0 Å². The molecule has 0 amide bonds. The number of fused-ring (bicyclic) bond motifs is 10. The van der Waals surface area contributed by atoms with Crippen LogP contribution < -0.4 is 0 Å². The third-order valence-corrected chi connectivity index (χ3v) is 10.4. The number of rotatable bonds is 3. The summed E-state index contributed by atoms with van der Waals surface area (Å²) in [6, 6.07) is 54.7. The summed E-state index contributed by atoms with van der Waals surface area (Å²) < 4.78 is 11.4. The average molecular weight is 592 g/mol. The first-order valence-electron chi connectivity index (χ1n) is 15.3. The van der Waals surface area contributed by atoms with Crippen LogP contribution in [-0.2, 0) is 0 Å². The van der Waals surface area contributed by atoms with Crippen molar-refractivity contribution in [3.05, 3.63) is 152 Å². The molecule has 0 unspecified atom stereocenters. The number of hydrogen-bond acceptors (Lipinski definition) is 2. The third-order valence-electron chi connectivity index (χ3n) is 9.22. The van der Waals surface area contributed by atoms with Crippen molar-refractivity contribution in [1.82, 2.24) is 4.57 Å². The Hall–Kier alpha value is -5.64. The Balaban J connectivity index is 1.09. The molecule has 2 nitrogen and oxygen atoms in total. The third kappa shape index (κ3) is 3.62. The molecule has 0 N–H and O–H groups in total. The summed E-state index contributed by atoms with van der Waals surface area (Å²) in [6.45, 7) is 0. The Morgan fingerprint density at radius 1 is 0.467 bits per heavy atom. The van der Waals surface area contributed by atoms with Crippen molar-refractivity contribution in [3.63, 3.8) is 0 Å².